The van der Waals surface area contributed by atoms with E-state index in [1.807, 2.05) is 0 Å². The molecule has 22 heavy (non-hydrogen) atoms. The topological polar surface area (TPSA) is 66.9 Å². The van der Waals surface area contributed by atoms with Gasteiger partial charge < -0.3 is 10.6 Å². The molecule has 0 spiro atoms. The molecule has 8 heteroatoms. The highest BCUT2D eigenvalue weighted by Gasteiger charge is 2.23. The van der Waals surface area contributed by atoms with E-state index in [1.165, 1.54) is 48.1 Å². The Kier molecular flexibility index (Phi) is 4.58. The van der Waals surface area contributed by atoms with E-state index in [2.05, 4.69) is 20.8 Å². The van der Waals surface area contributed by atoms with Gasteiger partial charge in [0.1, 0.15) is 5.82 Å². The fourth-order valence-electron chi connectivity index (χ4n) is 1.73. The number of nitrogens with zero attached hydrogens (tertiary/aromatic N) is 2. The number of rotatable bonds is 6. The maximum atomic E-state index is 13.1. The van der Waals surface area contributed by atoms with Crippen molar-refractivity contribution >= 4 is 39.8 Å². The van der Waals surface area contributed by atoms with Crippen LogP contribution < -0.4 is 10.6 Å². The van der Waals surface area contributed by atoms with E-state index in [0.717, 1.165) is 9.47 Å². The fraction of sp³-hybridized carbons (Fsp3) is 0.357. The van der Waals surface area contributed by atoms with Gasteiger partial charge in [-0.2, -0.15) is 0 Å². The smallest absolute Gasteiger partial charge is 0.237 e. The lowest BCUT2D eigenvalue weighted by Crippen LogP contribution is -2.22. The van der Waals surface area contributed by atoms with Crippen LogP contribution in [0.3, 0.4) is 0 Å². The van der Waals surface area contributed by atoms with Crippen molar-refractivity contribution in [3.05, 3.63) is 30.1 Å². The molecule has 1 amide bonds. The number of thioether (sulfide) groups is 1. The molecule has 5 nitrogen and oxygen atoms in total. The third-order valence-electron chi connectivity index (χ3n) is 3.05. The van der Waals surface area contributed by atoms with Crippen molar-refractivity contribution in [1.82, 2.24) is 10.2 Å². The molecular formula is C14H15FN4OS2. The Bertz CT molecular complexity index is 674. The van der Waals surface area contributed by atoms with E-state index < -0.39 is 0 Å². The van der Waals surface area contributed by atoms with Crippen LogP contribution in [0.4, 0.5) is 15.2 Å². The zero-order chi connectivity index (χ0) is 15.5. The highest BCUT2D eigenvalue weighted by molar-refractivity contribution is 8.02. The van der Waals surface area contributed by atoms with Crippen LogP contribution in [0.5, 0.6) is 0 Å². The Hall–Kier alpha value is -1.67. The maximum Gasteiger partial charge on any atom is 0.237 e. The summed E-state index contributed by atoms with van der Waals surface area (Å²) >= 11 is 2.79. The molecule has 0 unspecified atom stereocenters. The summed E-state index contributed by atoms with van der Waals surface area (Å²) in [5, 5.41) is 14.5. The number of benzene rings is 1. The highest BCUT2D eigenvalue weighted by atomic mass is 32.2. The van der Waals surface area contributed by atoms with Crippen LogP contribution in [0.15, 0.2) is 28.6 Å². The average molecular weight is 338 g/mol. The SMILES string of the molecule is C[C@H](Sc1nnc(NC2CC2)s1)C(=O)Nc1cccc(F)c1. The summed E-state index contributed by atoms with van der Waals surface area (Å²) in [4.78, 5) is 12.1. The maximum absolute atomic E-state index is 13.1. The van der Waals surface area contributed by atoms with Crippen molar-refractivity contribution in [1.29, 1.82) is 0 Å². The molecule has 0 radical (unpaired) electrons. The second-order valence-electron chi connectivity index (χ2n) is 5.05. The number of nitrogens with one attached hydrogen (secondary N) is 2. The molecule has 1 heterocycles. The summed E-state index contributed by atoms with van der Waals surface area (Å²) in [5.74, 6) is -0.569. The van der Waals surface area contributed by atoms with Crippen LogP contribution in [-0.4, -0.2) is 27.4 Å². The number of halogens is 1. The Balaban J connectivity index is 1.55. The molecule has 1 aromatic heterocycles. The first kappa shape index (κ1) is 15.2. The van der Waals surface area contributed by atoms with Gasteiger partial charge >= 0.3 is 0 Å². The normalized spacial score (nSPS) is 15.4. The molecule has 0 bridgehead atoms. The van der Waals surface area contributed by atoms with Gasteiger partial charge in [0, 0.05) is 11.7 Å². The molecule has 0 saturated heterocycles. The van der Waals surface area contributed by atoms with Crippen LogP contribution in [0.2, 0.25) is 0 Å². The first-order chi connectivity index (χ1) is 10.6. The third kappa shape index (κ3) is 4.17. The molecule has 2 N–H and O–H groups in total. The summed E-state index contributed by atoms with van der Waals surface area (Å²) < 4.78 is 13.8. The molecule has 1 aliphatic rings. The first-order valence-electron chi connectivity index (χ1n) is 6.93. The third-order valence-corrected chi connectivity index (χ3v) is 5.09. The predicted molar refractivity (Wildman–Crippen MR) is 86.9 cm³/mol. The number of aromatic nitrogens is 2. The van der Waals surface area contributed by atoms with Gasteiger partial charge in [0.05, 0.1) is 5.25 Å². The molecule has 1 aromatic carbocycles. The molecule has 2 aromatic rings. The van der Waals surface area contributed by atoms with Crippen molar-refractivity contribution < 1.29 is 9.18 Å². The van der Waals surface area contributed by atoms with E-state index in [4.69, 9.17) is 0 Å². The van der Waals surface area contributed by atoms with Gasteiger partial charge in [-0.25, -0.2) is 4.39 Å². The number of carbonyl (C=O) groups excluding carboxylic acids is 1. The second kappa shape index (κ2) is 6.62. The van der Waals surface area contributed by atoms with Gasteiger partial charge in [0.2, 0.25) is 11.0 Å². The molecule has 1 fully saturated rings. The minimum Gasteiger partial charge on any atom is -0.357 e. The van der Waals surface area contributed by atoms with E-state index in [-0.39, 0.29) is 17.0 Å². The van der Waals surface area contributed by atoms with Gasteiger partial charge in [0.25, 0.3) is 0 Å². The molecule has 116 valence electrons. The second-order valence-corrected chi connectivity index (χ2v) is 7.62. The molecule has 1 aliphatic carbocycles. The minimum atomic E-state index is -0.377. The van der Waals surface area contributed by atoms with E-state index in [9.17, 15) is 9.18 Å². The largest absolute Gasteiger partial charge is 0.357 e. The Labute approximate surface area is 135 Å². The lowest BCUT2D eigenvalue weighted by atomic mass is 10.3. The van der Waals surface area contributed by atoms with Crippen LogP contribution >= 0.6 is 23.1 Å². The first-order valence-corrected chi connectivity index (χ1v) is 8.63. The summed E-state index contributed by atoms with van der Waals surface area (Å²) in [5.41, 5.74) is 0.450. The van der Waals surface area contributed by atoms with Gasteiger partial charge in [0.15, 0.2) is 4.34 Å². The fourth-order valence-corrected chi connectivity index (χ4v) is 3.71. The minimum absolute atomic E-state index is 0.192. The van der Waals surface area contributed by atoms with Gasteiger partial charge in [-0.1, -0.05) is 29.2 Å². The number of hydrogen-bond donors (Lipinski definition) is 2. The quantitative estimate of drug-likeness (QED) is 0.791. The summed E-state index contributed by atoms with van der Waals surface area (Å²) in [6.45, 7) is 1.79. The summed E-state index contributed by atoms with van der Waals surface area (Å²) in [7, 11) is 0. The van der Waals surface area contributed by atoms with Crippen molar-refractivity contribution in [2.45, 2.75) is 35.4 Å². The lowest BCUT2D eigenvalue weighted by Gasteiger charge is -2.10. The standard InChI is InChI=1S/C14H15FN4OS2/c1-8(12(20)16-11-4-2-3-9(15)7-11)21-14-19-18-13(22-14)17-10-5-6-10/h2-4,7-8,10H,5-6H2,1H3,(H,16,20)(H,17,18)/t8-/m0/s1. The monoisotopic (exact) mass is 338 g/mol. The van der Waals surface area contributed by atoms with Crippen LogP contribution in [-0.2, 0) is 4.79 Å². The van der Waals surface area contributed by atoms with E-state index >= 15 is 0 Å². The summed E-state index contributed by atoms with van der Waals surface area (Å²) in [6, 6.07) is 6.37. The van der Waals surface area contributed by atoms with Gasteiger partial charge in [-0.05, 0) is 38.0 Å². The highest BCUT2D eigenvalue weighted by Crippen LogP contribution is 2.32. The van der Waals surface area contributed by atoms with Crippen LogP contribution in [0.25, 0.3) is 0 Å². The lowest BCUT2D eigenvalue weighted by molar-refractivity contribution is -0.115. The van der Waals surface area contributed by atoms with Gasteiger partial charge in [-0.15, -0.1) is 10.2 Å². The van der Waals surface area contributed by atoms with Crippen molar-refractivity contribution in [2.75, 3.05) is 10.6 Å². The Morgan fingerprint density at radius 3 is 3.00 bits per heavy atom. The molecule has 3 rings (SSSR count). The molecular weight excluding hydrogens is 323 g/mol. The Morgan fingerprint density at radius 2 is 2.27 bits per heavy atom. The van der Waals surface area contributed by atoms with Crippen molar-refractivity contribution in [2.24, 2.45) is 0 Å². The van der Waals surface area contributed by atoms with Crippen molar-refractivity contribution in [3.8, 4) is 0 Å². The zero-order valence-electron chi connectivity index (χ0n) is 11.9. The zero-order valence-corrected chi connectivity index (χ0v) is 13.5. The Morgan fingerprint density at radius 1 is 1.45 bits per heavy atom. The molecule has 0 aliphatic heterocycles. The van der Waals surface area contributed by atoms with Crippen LogP contribution in [0, 0.1) is 5.82 Å². The van der Waals surface area contributed by atoms with E-state index in [1.54, 1.807) is 19.1 Å². The number of hydrogen-bond acceptors (Lipinski definition) is 6. The number of carbonyl (C=O) groups is 1. The number of amides is 1. The number of anilines is 2. The summed E-state index contributed by atoms with van der Waals surface area (Å²) in [6.07, 6.45) is 2.35. The van der Waals surface area contributed by atoms with E-state index in [0.29, 0.717) is 11.7 Å². The van der Waals surface area contributed by atoms with Gasteiger partial charge in [-0.3, -0.25) is 4.79 Å². The molecule has 1 saturated carbocycles. The average Bonchev–Trinajstić information content (AvgIpc) is 3.18. The van der Waals surface area contributed by atoms with Crippen LogP contribution in [0.1, 0.15) is 19.8 Å². The predicted octanol–water partition coefficient (Wildman–Crippen LogP) is 3.37. The molecule has 1 atom stereocenters. The van der Waals surface area contributed by atoms with Crippen molar-refractivity contribution in [3.63, 3.8) is 0 Å².